The van der Waals surface area contributed by atoms with Gasteiger partial charge in [0.15, 0.2) is 0 Å². The highest BCUT2D eigenvalue weighted by molar-refractivity contribution is 6.33. The maximum Gasteiger partial charge on any atom is 0.384 e. The average molecular weight is 445 g/mol. The fraction of sp³-hybridized carbons (Fsp3) is 0.136. The Labute approximate surface area is 183 Å². The zero-order chi connectivity index (χ0) is 22.1. The second kappa shape index (κ2) is 10.4. The molecule has 0 aromatic heterocycles. The van der Waals surface area contributed by atoms with E-state index in [2.05, 4.69) is 33.2 Å². The first-order chi connectivity index (χ1) is 14.3. The van der Waals surface area contributed by atoms with Crippen molar-refractivity contribution in [2.75, 3.05) is 14.2 Å². The highest BCUT2D eigenvalue weighted by Crippen LogP contribution is 2.32. The van der Waals surface area contributed by atoms with Crippen LogP contribution in [0.2, 0.25) is 10.0 Å². The van der Waals surface area contributed by atoms with Gasteiger partial charge in [0.1, 0.15) is 0 Å². The first kappa shape index (κ1) is 22.8. The molecule has 0 spiro atoms. The smallest absolute Gasteiger partial charge is 0.384 e. The Kier molecular flexibility index (Phi) is 7.89. The zero-order valence-electron chi connectivity index (χ0n) is 15.8. The minimum atomic E-state index is -2.10. The van der Waals surface area contributed by atoms with E-state index in [-0.39, 0.29) is 21.2 Å². The van der Waals surface area contributed by atoms with Crippen molar-refractivity contribution in [2.24, 2.45) is 0 Å². The Balaban J connectivity index is 2.73. The molecule has 152 valence electrons. The number of carbonyl (C=O) groups is 3. The minimum Gasteiger partial charge on any atom is -0.459 e. The summed E-state index contributed by atoms with van der Waals surface area (Å²) in [5.74, 6) is 6.55. The van der Waals surface area contributed by atoms with Gasteiger partial charge >= 0.3 is 17.9 Å². The molecule has 0 radical (unpaired) electrons. The molecule has 0 atom stereocenters. The van der Waals surface area contributed by atoms with Gasteiger partial charge in [-0.15, -0.1) is 0 Å². The van der Waals surface area contributed by atoms with Crippen LogP contribution in [0, 0.1) is 23.7 Å². The van der Waals surface area contributed by atoms with Crippen molar-refractivity contribution in [1.29, 1.82) is 0 Å². The lowest BCUT2D eigenvalue weighted by Crippen LogP contribution is -2.31. The number of hydrogen-bond acceptors (Lipinski definition) is 6. The predicted octanol–water partition coefficient (Wildman–Crippen LogP) is 3.40. The van der Waals surface area contributed by atoms with Crippen molar-refractivity contribution >= 4 is 41.1 Å². The molecule has 2 aromatic rings. The standard InChI is InChI=1S/C22H14Cl2O6/c1-28-19(25)11-13-22(14-12-20(26)29-2,16-8-4-6-10-18(16)24)30-21(27)15-7-3-5-9-17(15)23/h3-10H,1-2H3. The summed E-state index contributed by atoms with van der Waals surface area (Å²) in [4.78, 5) is 36.2. The lowest BCUT2D eigenvalue weighted by molar-refractivity contribution is -0.134. The van der Waals surface area contributed by atoms with Gasteiger partial charge in [0.2, 0.25) is 0 Å². The van der Waals surface area contributed by atoms with Crippen LogP contribution in [0.25, 0.3) is 0 Å². The van der Waals surface area contributed by atoms with Crippen LogP contribution in [0.3, 0.4) is 0 Å². The summed E-state index contributed by atoms with van der Waals surface area (Å²) >= 11 is 12.4. The van der Waals surface area contributed by atoms with Crippen LogP contribution >= 0.6 is 23.2 Å². The third-order valence-electron chi connectivity index (χ3n) is 3.64. The second-order valence-electron chi connectivity index (χ2n) is 5.51. The molecule has 0 amide bonds. The maximum atomic E-state index is 12.9. The summed E-state index contributed by atoms with van der Waals surface area (Å²) in [5, 5.41) is 0.250. The number of benzene rings is 2. The number of carbonyl (C=O) groups excluding carboxylic acids is 3. The monoisotopic (exact) mass is 444 g/mol. The molecular formula is C22H14Cl2O6. The van der Waals surface area contributed by atoms with E-state index in [1.807, 2.05) is 0 Å². The molecule has 0 saturated carbocycles. The number of methoxy groups -OCH3 is 2. The third-order valence-corrected chi connectivity index (χ3v) is 4.30. The quantitative estimate of drug-likeness (QED) is 0.312. The van der Waals surface area contributed by atoms with Crippen LogP contribution in [0.15, 0.2) is 48.5 Å². The van der Waals surface area contributed by atoms with Gasteiger partial charge in [0.05, 0.1) is 24.8 Å². The van der Waals surface area contributed by atoms with Crippen molar-refractivity contribution in [1.82, 2.24) is 0 Å². The average Bonchev–Trinajstić information content (AvgIpc) is 2.75. The van der Waals surface area contributed by atoms with E-state index in [1.165, 1.54) is 24.3 Å². The molecule has 0 unspecified atom stereocenters. The molecule has 0 heterocycles. The van der Waals surface area contributed by atoms with Gasteiger partial charge in [0.25, 0.3) is 5.60 Å². The summed E-state index contributed by atoms with van der Waals surface area (Å²) in [7, 11) is 2.26. The van der Waals surface area contributed by atoms with Gasteiger partial charge in [-0.1, -0.05) is 53.5 Å². The molecule has 0 aliphatic heterocycles. The predicted molar refractivity (Wildman–Crippen MR) is 110 cm³/mol. The molecule has 2 rings (SSSR count). The second-order valence-corrected chi connectivity index (χ2v) is 6.33. The van der Waals surface area contributed by atoms with Crippen LogP contribution < -0.4 is 0 Å². The molecule has 0 aliphatic carbocycles. The molecule has 0 bridgehead atoms. The van der Waals surface area contributed by atoms with E-state index >= 15 is 0 Å². The Hall–Kier alpha value is -3.45. The molecule has 0 aliphatic rings. The van der Waals surface area contributed by atoms with Crippen molar-refractivity contribution in [3.8, 4) is 23.7 Å². The SMILES string of the molecule is COC(=O)C#CC(C#CC(=O)OC)(OC(=O)c1ccccc1Cl)c1ccccc1Cl. The molecule has 0 fully saturated rings. The molecule has 0 saturated heterocycles. The van der Waals surface area contributed by atoms with E-state index in [0.29, 0.717) is 0 Å². The molecule has 0 N–H and O–H groups in total. The first-order valence-corrected chi connectivity index (χ1v) is 9.03. The van der Waals surface area contributed by atoms with Gasteiger partial charge < -0.3 is 14.2 Å². The summed E-state index contributed by atoms with van der Waals surface area (Å²) in [6.45, 7) is 0. The van der Waals surface area contributed by atoms with Crippen LogP contribution in [-0.4, -0.2) is 32.1 Å². The Morgan fingerprint density at radius 2 is 1.30 bits per heavy atom. The molecule has 2 aromatic carbocycles. The zero-order valence-corrected chi connectivity index (χ0v) is 17.3. The number of rotatable bonds is 3. The maximum absolute atomic E-state index is 12.9. The van der Waals surface area contributed by atoms with Crippen LogP contribution in [0.4, 0.5) is 0 Å². The first-order valence-electron chi connectivity index (χ1n) is 8.28. The number of esters is 3. The molecule has 8 heteroatoms. The van der Waals surface area contributed by atoms with Crippen molar-refractivity contribution in [2.45, 2.75) is 5.60 Å². The normalized spacial score (nSPS) is 9.87. The summed E-state index contributed by atoms with van der Waals surface area (Å²) in [5.41, 5.74) is -1.95. The van der Waals surface area contributed by atoms with Gasteiger partial charge in [-0.05, 0) is 30.0 Å². The minimum absolute atomic E-state index is 0.0235. The van der Waals surface area contributed by atoms with Crippen LogP contribution in [-0.2, 0) is 29.4 Å². The highest BCUT2D eigenvalue weighted by Gasteiger charge is 2.36. The number of hydrogen-bond donors (Lipinski definition) is 0. The van der Waals surface area contributed by atoms with Crippen molar-refractivity contribution in [3.63, 3.8) is 0 Å². The van der Waals surface area contributed by atoms with Crippen molar-refractivity contribution < 1.29 is 28.6 Å². The summed E-state index contributed by atoms with van der Waals surface area (Å²) < 4.78 is 14.6. The third kappa shape index (κ3) is 5.55. The molecular weight excluding hydrogens is 431 g/mol. The largest absolute Gasteiger partial charge is 0.459 e. The van der Waals surface area contributed by atoms with Crippen LogP contribution in [0.5, 0.6) is 0 Å². The van der Waals surface area contributed by atoms with E-state index in [4.69, 9.17) is 27.9 Å². The fourth-order valence-electron chi connectivity index (χ4n) is 2.22. The fourth-order valence-corrected chi connectivity index (χ4v) is 2.70. The van der Waals surface area contributed by atoms with Gasteiger partial charge in [-0.3, -0.25) is 0 Å². The number of halogens is 2. The lowest BCUT2D eigenvalue weighted by Gasteiger charge is -2.24. The Morgan fingerprint density at radius 3 is 1.80 bits per heavy atom. The van der Waals surface area contributed by atoms with Crippen molar-refractivity contribution in [3.05, 3.63) is 69.7 Å². The number of ether oxygens (including phenoxy) is 3. The lowest BCUT2D eigenvalue weighted by atomic mass is 9.94. The van der Waals surface area contributed by atoms with E-state index in [9.17, 15) is 14.4 Å². The van der Waals surface area contributed by atoms with Gasteiger partial charge in [0, 0.05) is 22.4 Å². The highest BCUT2D eigenvalue weighted by atomic mass is 35.5. The van der Waals surface area contributed by atoms with Gasteiger partial charge in [-0.25, -0.2) is 14.4 Å². The Bertz CT molecular complexity index is 1070. The van der Waals surface area contributed by atoms with Gasteiger partial charge in [-0.2, -0.15) is 0 Å². The topological polar surface area (TPSA) is 78.9 Å². The van der Waals surface area contributed by atoms with E-state index in [1.54, 1.807) is 24.3 Å². The summed E-state index contributed by atoms with van der Waals surface area (Å²) in [6, 6.07) is 12.4. The van der Waals surface area contributed by atoms with Crippen LogP contribution in [0.1, 0.15) is 15.9 Å². The Morgan fingerprint density at radius 1 is 0.800 bits per heavy atom. The molecule has 30 heavy (non-hydrogen) atoms. The van der Waals surface area contributed by atoms with E-state index in [0.717, 1.165) is 14.2 Å². The molecule has 6 nitrogen and oxygen atoms in total. The summed E-state index contributed by atoms with van der Waals surface area (Å²) in [6.07, 6.45) is 0. The van der Waals surface area contributed by atoms with E-state index < -0.39 is 23.5 Å².